The number of hydrogen-bond acceptors (Lipinski definition) is 4. The molecule has 17 heavy (non-hydrogen) atoms. The van der Waals surface area contributed by atoms with Gasteiger partial charge in [0.05, 0.1) is 19.8 Å². The predicted molar refractivity (Wildman–Crippen MR) is 67.4 cm³/mol. The van der Waals surface area contributed by atoms with Gasteiger partial charge in [-0.05, 0) is 25.0 Å². The molecule has 0 bridgehead atoms. The molecule has 0 heterocycles. The lowest BCUT2D eigenvalue weighted by molar-refractivity contribution is 0.0509. The summed E-state index contributed by atoms with van der Waals surface area (Å²) in [4.78, 5) is 0. The Hall–Kier alpha value is -1.04. The SMILES string of the molecule is CCC(C)OCc1ccc(OC)c(B(O)O)c1. The van der Waals surface area contributed by atoms with Gasteiger partial charge in [-0.3, -0.25) is 0 Å². The number of ether oxygens (including phenoxy) is 2. The standard InChI is InChI=1S/C12H19BO4/c1-4-9(2)17-8-10-5-6-12(16-3)11(7-10)13(14)15/h5-7,9,14-15H,4,8H2,1-3H3. The van der Waals surface area contributed by atoms with Crippen molar-refractivity contribution in [1.82, 2.24) is 0 Å². The van der Waals surface area contributed by atoms with Gasteiger partial charge in [0.2, 0.25) is 0 Å². The Bertz CT molecular complexity index is 354. The molecule has 0 aromatic heterocycles. The number of methoxy groups -OCH3 is 1. The summed E-state index contributed by atoms with van der Waals surface area (Å²) in [5.74, 6) is 0.465. The maximum atomic E-state index is 9.22. The molecule has 1 atom stereocenters. The van der Waals surface area contributed by atoms with Gasteiger partial charge in [-0.1, -0.05) is 19.1 Å². The van der Waals surface area contributed by atoms with E-state index in [1.54, 1.807) is 12.1 Å². The van der Waals surface area contributed by atoms with E-state index >= 15 is 0 Å². The molecule has 1 aromatic rings. The molecule has 0 aliphatic heterocycles. The first kappa shape index (κ1) is 14.0. The third-order valence-electron chi connectivity index (χ3n) is 2.68. The van der Waals surface area contributed by atoms with Crippen LogP contribution < -0.4 is 10.2 Å². The summed E-state index contributed by atoms with van der Waals surface area (Å²) >= 11 is 0. The van der Waals surface area contributed by atoms with Crippen molar-refractivity contribution < 1.29 is 19.5 Å². The third kappa shape index (κ3) is 4.04. The second-order valence-corrected chi connectivity index (χ2v) is 3.98. The maximum absolute atomic E-state index is 9.22. The van der Waals surface area contributed by atoms with Crippen LogP contribution in [-0.4, -0.2) is 30.4 Å². The highest BCUT2D eigenvalue weighted by Gasteiger charge is 2.17. The zero-order valence-electron chi connectivity index (χ0n) is 10.5. The molecule has 0 aliphatic rings. The Kier molecular flexibility index (Phi) is 5.48. The first-order valence-corrected chi connectivity index (χ1v) is 5.73. The largest absolute Gasteiger partial charge is 0.497 e. The van der Waals surface area contributed by atoms with Crippen LogP contribution in [0, 0.1) is 0 Å². The lowest BCUT2D eigenvalue weighted by atomic mass is 9.79. The quantitative estimate of drug-likeness (QED) is 0.716. The van der Waals surface area contributed by atoms with Crippen LogP contribution in [0.2, 0.25) is 0 Å². The molecule has 1 rings (SSSR count). The zero-order valence-corrected chi connectivity index (χ0v) is 10.5. The lowest BCUT2D eigenvalue weighted by Gasteiger charge is -2.13. The van der Waals surface area contributed by atoms with Crippen molar-refractivity contribution in [3.8, 4) is 5.75 Å². The highest BCUT2D eigenvalue weighted by molar-refractivity contribution is 6.59. The molecule has 2 N–H and O–H groups in total. The van der Waals surface area contributed by atoms with Crippen molar-refractivity contribution in [1.29, 1.82) is 0 Å². The number of benzene rings is 1. The molecule has 0 fully saturated rings. The van der Waals surface area contributed by atoms with E-state index < -0.39 is 7.12 Å². The lowest BCUT2D eigenvalue weighted by Crippen LogP contribution is -2.31. The second-order valence-electron chi connectivity index (χ2n) is 3.98. The van der Waals surface area contributed by atoms with E-state index in [9.17, 15) is 10.0 Å². The average Bonchev–Trinajstić information content (AvgIpc) is 2.35. The summed E-state index contributed by atoms with van der Waals surface area (Å²) in [5.41, 5.74) is 1.26. The molecular weight excluding hydrogens is 219 g/mol. The molecule has 94 valence electrons. The predicted octanol–water partition coefficient (Wildman–Crippen LogP) is 0.690. The topological polar surface area (TPSA) is 58.9 Å². The number of rotatable bonds is 6. The minimum absolute atomic E-state index is 0.194. The van der Waals surface area contributed by atoms with E-state index in [-0.39, 0.29) is 6.10 Å². The fraction of sp³-hybridized carbons (Fsp3) is 0.500. The van der Waals surface area contributed by atoms with E-state index in [4.69, 9.17) is 9.47 Å². The Labute approximate surface area is 102 Å². The number of hydrogen-bond donors (Lipinski definition) is 2. The first-order valence-electron chi connectivity index (χ1n) is 5.73. The fourth-order valence-electron chi connectivity index (χ4n) is 1.43. The van der Waals surface area contributed by atoms with Gasteiger partial charge in [0, 0.05) is 5.46 Å². The van der Waals surface area contributed by atoms with Crippen LogP contribution in [0.5, 0.6) is 5.75 Å². The monoisotopic (exact) mass is 238 g/mol. The molecule has 1 aromatic carbocycles. The van der Waals surface area contributed by atoms with Crippen LogP contribution >= 0.6 is 0 Å². The third-order valence-corrected chi connectivity index (χ3v) is 2.68. The summed E-state index contributed by atoms with van der Waals surface area (Å²) in [7, 11) is -0.0372. The highest BCUT2D eigenvalue weighted by atomic mass is 16.5. The van der Waals surface area contributed by atoms with Crippen molar-refractivity contribution in [3.63, 3.8) is 0 Å². The highest BCUT2D eigenvalue weighted by Crippen LogP contribution is 2.12. The van der Waals surface area contributed by atoms with E-state index in [1.165, 1.54) is 7.11 Å². The first-order chi connectivity index (χ1) is 8.08. The van der Waals surface area contributed by atoms with Gasteiger partial charge < -0.3 is 19.5 Å². The van der Waals surface area contributed by atoms with E-state index in [2.05, 4.69) is 6.92 Å². The van der Waals surface area contributed by atoms with Gasteiger partial charge in [0.25, 0.3) is 0 Å². The molecular formula is C12H19BO4. The van der Waals surface area contributed by atoms with Crippen LogP contribution in [0.4, 0.5) is 0 Å². The molecule has 0 spiro atoms. The summed E-state index contributed by atoms with van der Waals surface area (Å²) in [5, 5.41) is 18.4. The summed E-state index contributed by atoms with van der Waals surface area (Å²) in [6.07, 6.45) is 1.14. The van der Waals surface area contributed by atoms with Crippen molar-refractivity contribution in [2.75, 3.05) is 7.11 Å². The smallest absolute Gasteiger partial charge is 0.492 e. The van der Waals surface area contributed by atoms with Crippen LogP contribution in [0.1, 0.15) is 25.8 Å². The van der Waals surface area contributed by atoms with Gasteiger partial charge in [0.1, 0.15) is 5.75 Å². The Morgan fingerprint density at radius 1 is 1.35 bits per heavy atom. The molecule has 1 unspecified atom stereocenters. The zero-order chi connectivity index (χ0) is 12.8. The van der Waals surface area contributed by atoms with Crippen molar-refractivity contribution in [3.05, 3.63) is 23.8 Å². The minimum Gasteiger partial charge on any atom is -0.497 e. The van der Waals surface area contributed by atoms with Gasteiger partial charge in [-0.25, -0.2) is 0 Å². The van der Waals surface area contributed by atoms with Gasteiger partial charge in [-0.15, -0.1) is 0 Å². The molecule has 4 nitrogen and oxygen atoms in total. The van der Waals surface area contributed by atoms with Gasteiger partial charge in [-0.2, -0.15) is 0 Å². The van der Waals surface area contributed by atoms with Crippen molar-refractivity contribution >= 4 is 12.6 Å². The molecule has 0 saturated carbocycles. The molecule has 5 heteroatoms. The summed E-state index contributed by atoms with van der Waals surface area (Å²) in [6.45, 7) is 4.52. The summed E-state index contributed by atoms with van der Waals surface area (Å²) in [6, 6.07) is 5.25. The Balaban J connectivity index is 2.78. The maximum Gasteiger partial charge on any atom is 0.492 e. The molecule has 0 saturated heterocycles. The average molecular weight is 238 g/mol. The minimum atomic E-state index is -1.53. The Morgan fingerprint density at radius 2 is 2.06 bits per heavy atom. The van der Waals surface area contributed by atoms with E-state index in [0.29, 0.717) is 17.8 Å². The molecule has 0 radical (unpaired) electrons. The van der Waals surface area contributed by atoms with E-state index in [0.717, 1.165) is 12.0 Å². The summed E-state index contributed by atoms with van der Waals surface area (Å²) < 4.78 is 10.6. The van der Waals surface area contributed by atoms with Crippen LogP contribution in [0.25, 0.3) is 0 Å². The second kappa shape index (κ2) is 6.64. The van der Waals surface area contributed by atoms with Gasteiger partial charge >= 0.3 is 7.12 Å². The van der Waals surface area contributed by atoms with Crippen molar-refractivity contribution in [2.24, 2.45) is 0 Å². The normalized spacial score (nSPS) is 12.3. The molecule has 0 amide bonds. The van der Waals surface area contributed by atoms with Crippen LogP contribution in [0.15, 0.2) is 18.2 Å². The van der Waals surface area contributed by atoms with Gasteiger partial charge in [0.15, 0.2) is 0 Å². The molecule has 0 aliphatic carbocycles. The van der Waals surface area contributed by atoms with E-state index in [1.807, 2.05) is 13.0 Å². The fourth-order valence-corrected chi connectivity index (χ4v) is 1.43. The van der Waals surface area contributed by atoms with Crippen LogP contribution in [-0.2, 0) is 11.3 Å². The Morgan fingerprint density at radius 3 is 2.59 bits per heavy atom. The van der Waals surface area contributed by atoms with Crippen LogP contribution in [0.3, 0.4) is 0 Å². The van der Waals surface area contributed by atoms with Crippen molar-refractivity contribution in [2.45, 2.75) is 33.0 Å².